The number of halogens is 3. The minimum absolute atomic E-state index is 0.00258. The molecule has 106 valence electrons. The van der Waals surface area contributed by atoms with Crippen molar-refractivity contribution in [3.05, 3.63) is 33.6 Å². The summed E-state index contributed by atoms with van der Waals surface area (Å²) < 4.78 is 19.1. The Kier molecular flexibility index (Phi) is 5.03. The molecule has 2 rings (SSSR count). The van der Waals surface area contributed by atoms with Crippen LogP contribution in [0.15, 0.2) is 12.1 Å². The molecule has 1 aliphatic heterocycles. The Labute approximate surface area is 122 Å². The van der Waals surface area contributed by atoms with Crippen molar-refractivity contribution in [2.45, 2.75) is 19.1 Å². The molecule has 2 unspecified atom stereocenters. The molecule has 2 atom stereocenters. The molecule has 2 N–H and O–H groups in total. The molecular formula is C13H17Cl2FN2O. The number of rotatable bonds is 3. The molecule has 1 aromatic rings. The Morgan fingerprint density at radius 3 is 2.89 bits per heavy atom. The molecule has 1 fully saturated rings. The van der Waals surface area contributed by atoms with Crippen molar-refractivity contribution in [2.75, 3.05) is 26.2 Å². The van der Waals surface area contributed by atoms with Crippen LogP contribution in [0.1, 0.15) is 18.5 Å². The molecule has 1 saturated heterocycles. The van der Waals surface area contributed by atoms with Crippen molar-refractivity contribution in [2.24, 2.45) is 5.73 Å². The lowest BCUT2D eigenvalue weighted by Gasteiger charge is -2.36. The fraction of sp³-hybridized carbons (Fsp3) is 0.538. The zero-order chi connectivity index (χ0) is 14.0. The average molecular weight is 307 g/mol. The maximum absolute atomic E-state index is 13.6. The summed E-state index contributed by atoms with van der Waals surface area (Å²) in [6.45, 7) is 4.59. The number of morpholine rings is 1. The second kappa shape index (κ2) is 6.37. The summed E-state index contributed by atoms with van der Waals surface area (Å²) in [5.41, 5.74) is 6.36. The SMILES string of the molecule is CC(c1cc(F)c(Cl)cc1Cl)N1CCOC(CN)C1. The van der Waals surface area contributed by atoms with E-state index in [-0.39, 0.29) is 17.2 Å². The van der Waals surface area contributed by atoms with E-state index in [1.807, 2.05) is 6.92 Å². The molecule has 1 heterocycles. The van der Waals surface area contributed by atoms with E-state index in [0.717, 1.165) is 18.7 Å². The third-order valence-corrected chi connectivity index (χ3v) is 4.09. The molecule has 3 nitrogen and oxygen atoms in total. The Bertz CT molecular complexity index is 459. The van der Waals surface area contributed by atoms with Gasteiger partial charge in [0.15, 0.2) is 0 Å². The molecule has 0 aliphatic carbocycles. The van der Waals surface area contributed by atoms with Crippen LogP contribution in [0.25, 0.3) is 0 Å². The highest BCUT2D eigenvalue weighted by molar-refractivity contribution is 6.35. The Morgan fingerprint density at radius 1 is 1.47 bits per heavy atom. The van der Waals surface area contributed by atoms with E-state index in [1.54, 1.807) is 0 Å². The molecule has 1 aromatic carbocycles. The van der Waals surface area contributed by atoms with Crippen molar-refractivity contribution in [1.29, 1.82) is 0 Å². The zero-order valence-corrected chi connectivity index (χ0v) is 12.2. The fourth-order valence-corrected chi connectivity index (χ4v) is 2.83. The van der Waals surface area contributed by atoms with Crippen LogP contribution < -0.4 is 5.73 Å². The third-order valence-electron chi connectivity index (χ3n) is 3.47. The normalized spacial score (nSPS) is 22.5. The lowest BCUT2D eigenvalue weighted by molar-refractivity contribution is -0.0364. The summed E-state index contributed by atoms with van der Waals surface area (Å²) in [5.74, 6) is -0.448. The van der Waals surface area contributed by atoms with Crippen molar-refractivity contribution in [3.63, 3.8) is 0 Å². The standard InChI is InChI=1S/C13H17Cl2FN2O/c1-8(18-2-3-19-9(6-17)7-18)10-4-13(16)12(15)5-11(10)14/h4-5,8-9H,2-3,6-7,17H2,1H3. The lowest BCUT2D eigenvalue weighted by Crippen LogP contribution is -2.46. The summed E-state index contributed by atoms with van der Waals surface area (Å²) in [4.78, 5) is 2.19. The van der Waals surface area contributed by atoms with E-state index in [2.05, 4.69) is 4.90 Å². The summed E-state index contributed by atoms with van der Waals surface area (Å²) in [5, 5.41) is 0.525. The summed E-state index contributed by atoms with van der Waals surface area (Å²) >= 11 is 11.9. The number of benzene rings is 1. The highest BCUT2D eigenvalue weighted by Crippen LogP contribution is 2.32. The Hall–Kier alpha value is -0.390. The van der Waals surface area contributed by atoms with Crippen LogP contribution in [0.4, 0.5) is 4.39 Å². The van der Waals surface area contributed by atoms with E-state index < -0.39 is 5.82 Å². The zero-order valence-electron chi connectivity index (χ0n) is 10.7. The molecule has 6 heteroatoms. The van der Waals surface area contributed by atoms with Gasteiger partial charge in [-0.2, -0.15) is 0 Å². The van der Waals surface area contributed by atoms with Gasteiger partial charge in [-0.1, -0.05) is 23.2 Å². The van der Waals surface area contributed by atoms with Crippen LogP contribution in [0.2, 0.25) is 10.0 Å². The Morgan fingerprint density at radius 2 is 2.21 bits per heavy atom. The van der Waals surface area contributed by atoms with E-state index >= 15 is 0 Å². The molecule has 0 saturated carbocycles. The first kappa shape index (κ1) is 15.0. The maximum Gasteiger partial charge on any atom is 0.142 e. The molecule has 0 amide bonds. The van der Waals surface area contributed by atoms with Crippen LogP contribution >= 0.6 is 23.2 Å². The predicted octanol–water partition coefficient (Wildman–Crippen LogP) is 2.85. The quantitative estimate of drug-likeness (QED) is 0.873. The molecule has 19 heavy (non-hydrogen) atoms. The average Bonchev–Trinajstić information content (AvgIpc) is 2.42. The topological polar surface area (TPSA) is 38.5 Å². The number of ether oxygens (including phenoxy) is 1. The van der Waals surface area contributed by atoms with Gasteiger partial charge in [0, 0.05) is 30.7 Å². The molecule has 0 radical (unpaired) electrons. The van der Waals surface area contributed by atoms with Gasteiger partial charge >= 0.3 is 0 Å². The van der Waals surface area contributed by atoms with Crippen LogP contribution in [0.3, 0.4) is 0 Å². The van der Waals surface area contributed by atoms with Crippen LogP contribution in [0, 0.1) is 5.82 Å². The maximum atomic E-state index is 13.6. The largest absolute Gasteiger partial charge is 0.374 e. The highest BCUT2D eigenvalue weighted by Gasteiger charge is 2.25. The van der Waals surface area contributed by atoms with Gasteiger partial charge in [0.2, 0.25) is 0 Å². The minimum Gasteiger partial charge on any atom is -0.374 e. The summed E-state index contributed by atoms with van der Waals surface area (Å²) in [6, 6.07) is 2.85. The van der Waals surface area contributed by atoms with Gasteiger partial charge in [0.25, 0.3) is 0 Å². The lowest BCUT2D eigenvalue weighted by atomic mass is 10.1. The number of hydrogen-bond donors (Lipinski definition) is 1. The van der Waals surface area contributed by atoms with Crippen molar-refractivity contribution < 1.29 is 9.13 Å². The smallest absolute Gasteiger partial charge is 0.142 e. The van der Waals surface area contributed by atoms with Crippen LogP contribution in [0.5, 0.6) is 0 Å². The number of hydrogen-bond acceptors (Lipinski definition) is 3. The van der Waals surface area contributed by atoms with Gasteiger partial charge in [-0.15, -0.1) is 0 Å². The first-order valence-electron chi connectivity index (χ1n) is 6.23. The highest BCUT2D eigenvalue weighted by atomic mass is 35.5. The third kappa shape index (κ3) is 3.38. The first-order chi connectivity index (χ1) is 9.02. The monoisotopic (exact) mass is 306 g/mol. The minimum atomic E-state index is -0.448. The van der Waals surface area contributed by atoms with Gasteiger partial charge in [-0.3, -0.25) is 4.90 Å². The second-order valence-electron chi connectivity index (χ2n) is 4.69. The van der Waals surface area contributed by atoms with Gasteiger partial charge in [-0.05, 0) is 24.6 Å². The molecule has 0 aromatic heterocycles. The molecule has 1 aliphatic rings. The van der Waals surface area contributed by atoms with Gasteiger partial charge in [0.1, 0.15) is 5.82 Å². The van der Waals surface area contributed by atoms with Gasteiger partial charge < -0.3 is 10.5 Å². The van der Waals surface area contributed by atoms with Gasteiger partial charge in [-0.25, -0.2) is 4.39 Å². The number of nitrogens with two attached hydrogens (primary N) is 1. The van der Waals surface area contributed by atoms with Gasteiger partial charge in [0.05, 0.1) is 17.7 Å². The van der Waals surface area contributed by atoms with E-state index in [4.69, 9.17) is 33.7 Å². The number of nitrogens with zero attached hydrogens (tertiary/aromatic N) is 1. The fourth-order valence-electron chi connectivity index (χ4n) is 2.29. The van der Waals surface area contributed by atoms with Crippen molar-refractivity contribution in [3.8, 4) is 0 Å². The summed E-state index contributed by atoms with van der Waals surface area (Å²) in [7, 11) is 0. The predicted molar refractivity (Wildman–Crippen MR) is 75.2 cm³/mol. The molecular weight excluding hydrogens is 290 g/mol. The second-order valence-corrected chi connectivity index (χ2v) is 5.50. The first-order valence-corrected chi connectivity index (χ1v) is 6.98. The van der Waals surface area contributed by atoms with Crippen molar-refractivity contribution >= 4 is 23.2 Å². The van der Waals surface area contributed by atoms with E-state index in [1.165, 1.54) is 12.1 Å². The molecule has 0 bridgehead atoms. The summed E-state index contributed by atoms with van der Waals surface area (Å²) in [6.07, 6.45) is 0.0205. The molecule has 0 spiro atoms. The van der Waals surface area contributed by atoms with Crippen LogP contribution in [-0.4, -0.2) is 37.2 Å². The Balaban J connectivity index is 2.19. The van der Waals surface area contributed by atoms with Crippen LogP contribution in [-0.2, 0) is 4.74 Å². The van der Waals surface area contributed by atoms with Crippen molar-refractivity contribution in [1.82, 2.24) is 4.90 Å². The van der Waals surface area contributed by atoms with E-state index in [0.29, 0.717) is 18.2 Å². The van der Waals surface area contributed by atoms with E-state index in [9.17, 15) is 4.39 Å².